The van der Waals surface area contributed by atoms with Gasteiger partial charge in [-0.3, -0.25) is 5.01 Å². The van der Waals surface area contributed by atoms with Crippen molar-refractivity contribution in [1.82, 2.24) is 14.9 Å². The minimum atomic E-state index is -0.210. The molecule has 1 aromatic heterocycles. The van der Waals surface area contributed by atoms with Gasteiger partial charge in [0.05, 0.1) is 30.5 Å². The zero-order valence-electron chi connectivity index (χ0n) is 21.5. The minimum Gasteiger partial charge on any atom is -0.494 e. The van der Waals surface area contributed by atoms with Crippen molar-refractivity contribution in [1.29, 1.82) is 5.26 Å². The van der Waals surface area contributed by atoms with E-state index < -0.39 is 0 Å². The topological polar surface area (TPSA) is 76.2 Å². The van der Waals surface area contributed by atoms with E-state index in [4.69, 9.17) is 9.47 Å². The molecular weight excluding hydrogens is 462 g/mol. The van der Waals surface area contributed by atoms with Crippen LogP contribution in [0.3, 0.4) is 0 Å². The van der Waals surface area contributed by atoms with E-state index in [-0.39, 0.29) is 6.04 Å². The fraction of sp³-hybridized carbons (Fsp3) is 0.300. The standard InChI is InChI=1S/C30H33N5O2/c1-3-5-19-36-28-15-9-25(10-16-28)30(26-11-17-29(18-12-26)37-20-6-4-2)35(34-22-32-33-23-34)27-13-7-24(21-31)8-14-27/h7-18,22-23,30H,3-6,19-20H2,1-2H3. The fourth-order valence-electron chi connectivity index (χ4n) is 4.05. The van der Waals surface area contributed by atoms with Crippen LogP contribution in [0.1, 0.15) is 62.3 Å². The summed E-state index contributed by atoms with van der Waals surface area (Å²) in [4.78, 5) is 0. The molecule has 0 aliphatic rings. The van der Waals surface area contributed by atoms with E-state index in [0.717, 1.165) is 54.0 Å². The lowest BCUT2D eigenvalue weighted by Crippen LogP contribution is -2.34. The number of anilines is 1. The van der Waals surface area contributed by atoms with Gasteiger partial charge in [0, 0.05) is 0 Å². The third-order valence-corrected chi connectivity index (χ3v) is 6.09. The first-order valence-corrected chi connectivity index (χ1v) is 12.8. The summed E-state index contributed by atoms with van der Waals surface area (Å²) in [5, 5.41) is 19.5. The second kappa shape index (κ2) is 13.1. The maximum atomic E-state index is 9.31. The van der Waals surface area contributed by atoms with Crippen molar-refractivity contribution in [2.75, 3.05) is 18.2 Å². The third-order valence-electron chi connectivity index (χ3n) is 6.09. The van der Waals surface area contributed by atoms with Gasteiger partial charge in [-0.1, -0.05) is 51.0 Å². The largest absolute Gasteiger partial charge is 0.494 e. The molecule has 37 heavy (non-hydrogen) atoms. The van der Waals surface area contributed by atoms with Gasteiger partial charge in [0.25, 0.3) is 0 Å². The molecule has 0 radical (unpaired) electrons. The molecule has 4 rings (SSSR count). The highest BCUT2D eigenvalue weighted by molar-refractivity contribution is 5.54. The van der Waals surface area contributed by atoms with Crippen LogP contribution in [0.15, 0.2) is 85.5 Å². The molecule has 7 nitrogen and oxygen atoms in total. The molecule has 0 fully saturated rings. The summed E-state index contributed by atoms with van der Waals surface area (Å²) >= 11 is 0. The second-order valence-corrected chi connectivity index (χ2v) is 8.79. The number of nitrogens with zero attached hydrogens (tertiary/aromatic N) is 5. The van der Waals surface area contributed by atoms with Gasteiger partial charge >= 0.3 is 0 Å². The number of aromatic nitrogens is 3. The van der Waals surface area contributed by atoms with Gasteiger partial charge in [-0.15, -0.1) is 10.2 Å². The third kappa shape index (κ3) is 6.68. The molecule has 1 heterocycles. The van der Waals surface area contributed by atoms with E-state index in [9.17, 15) is 5.26 Å². The Morgan fingerprint density at radius 1 is 0.757 bits per heavy atom. The summed E-state index contributed by atoms with van der Waals surface area (Å²) in [5.74, 6) is 1.70. The molecule has 0 aliphatic heterocycles. The lowest BCUT2D eigenvalue weighted by molar-refractivity contribution is 0.309. The van der Waals surface area contributed by atoms with Crippen LogP contribution in [0.25, 0.3) is 0 Å². The van der Waals surface area contributed by atoms with Gasteiger partial charge in [0.1, 0.15) is 30.2 Å². The van der Waals surface area contributed by atoms with E-state index in [0.29, 0.717) is 18.8 Å². The van der Waals surface area contributed by atoms with Gasteiger partial charge in [0.15, 0.2) is 0 Å². The van der Waals surface area contributed by atoms with E-state index in [1.807, 2.05) is 53.2 Å². The lowest BCUT2D eigenvalue weighted by atomic mass is 9.97. The van der Waals surface area contributed by atoms with Crippen molar-refractivity contribution >= 4 is 5.69 Å². The highest BCUT2D eigenvalue weighted by atomic mass is 16.5. The van der Waals surface area contributed by atoms with Crippen molar-refractivity contribution in [3.8, 4) is 17.6 Å². The van der Waals surface area contributed by atoms with E-state index in [1.165, 1.54) is 0 Å². The van der Waals surface area contributed by atoms with Gasteiger partial charge in [-0.25, -0.2) is 4.68 Å². The predicted molar refractivity (Wildman–Crippen MR) is 145 cm³/mol. The monoisotopic (exact) mass is 495 g/mol. The zero-order valence-corrected chi connectivity index (χ0v) is 21.5. The smallest absolute Gasteiger partial charge is 0.139 e. The summed E-state index contributed by atoms with van der Waals surface area (Å²) in [7, 11) is 0. The van der Waals surface area contributed by atoms with Crippen LogP contribution in [0.2, 0.25) is 0 Å². The molecule has 7 heteroatoms. The van der Waals surface area contributed by atoms with Crippen LogP contribution in [0.4, 0.5) is 5.69 Å². The fourth-order valence-corrected chi connectivity index (χ4v) is 4.05. The highest BCUT2D eigenvalue weighted by Gasteiger charge is 2.25. The van der Waals surface area contributed by atoms with E-state index in [1.54, 1.807) is 12.7 Å². The van der Waals surface area contributed by atoms with Crippen molar-refractivity contribution in [2.24, 2.45) is 0 Å². The van der Waals surface area contributed by atoms with Crippen LogP contribution < -0.4 is 14.5 Å². The number of unbranched alkanes of at least 4 members (excludes halogenated alkanes) is 2. The minimum absolute atomic E-state index is 0.210. The van der Waals surface area contributed by atoms with Crippen LogP contribution in [-0.4, -0.2) is 28.1 Å². The maximum absolute atomic E-state index is 9.31. The second-order valence-electron chi connectivity index (χ2n) is 8.79. The Morgan fingerprint density at radius 3 is 1.68 bits per heavy atom. The molecule has 0 bridgehead atoms. The van der Waals surface area contributed by atoms with Crippen LogP contribution in [0.5, 0.6) is 11.5 Å². The molecule has 0 N–H and O–H groups in total. The van der Waals surface area contributed by atoms with Gasteiger partial charge in [0.2, 0.25) is 0 Å². The average molecular weight is 496 g/mol. The summed E-state index contributed by atoms with van der Waals surface area (Å²) in [6.45, 7) is 5.72. The Hall–Kier alpha value is -4.31. The molecular formula is C30H33N5O2. The number of rotatable bonds is 13. The number of ether oxygens (including phenoxy) is 2. The Kier molecular flexibility index (Phi) is 9.14. The zero-order chi connectivity index (χ0) is 25.9. The van der Waals surface area contributed by atoms with Crippen LogP contribution in [0, 0.1) is 11.3 Å². The first kappa shape index (κ1) is 25.8. The number of benzene rings is 3. The van der Waals surface area contributed by atoms with E-state index in [2.05, 4.69) is 59.4 Å². The van der Waals surface area contributed by atoms with Gasteiger partial charge in [-0.2, -0.15) is 5.26 Å². The van der Waals surface area contributed by atoms with Crippen molar-refractivity contribution in [3.05, 3.63) is 102 Å². The molecule has 0 spiro atoms. The summed E-state index contributed by atoms with van der Waals surface area (Å²) in [6, 6.07) is 26.0. The summed E-state index contributed by atoms with van der Waals surface area (Å²) in [5.41, 5.74) is 3.64. The molecule has 0 unspecified atom stereocenters. The Labute approximate surface area is 218 Å². The van der Waals surface area contributed by atoms with E-state index >= 15 is 0 Å². The highest BCUT2D eigenvalue weighted by Crippen LogP contribution is 2.35. The molecule has 0 atom stereocenters. The van der Waals surface area contributed by atoms with Crippen LogP contribution >= 0.6 is 0 Å². The molecule has 4 aromatic rings. The SMILES string of the molecule is CCCCOc1ccc(C(c2ccc(OCCCC)cc2)N(c2ccc(C#N)cc2)n2cnnc2)cc1. The van der Waals surface area contributed by atoms with Crippen molar-refractivity contribution < 1.29 is 9.47 Å². The molecule has 3 aromatic carbocycles. The molecule has 0 saturated carbocycles. The first-order chi connectivity index (χ1) is 18.2. The Balaban J connectivity index is 1.74. The lowest BCUT2D eigenvalue weighted by Gasteiger charge is -2.34. The van der Waals surface area contributed by atoms with Gasteiger partial charge in [-0.05, 0) is 72.5 Å². The predicted octanol–water partition coefficient (Wildman–Crippen LogP) is 6.57. The number of hydrogen-bond donors (Lipinski definition) is 0. The maximum Gasteiger partial charge on any atom is 0.139 e. The summed E-state index contributed by atoms with van der Waals surface area (Å²) in [6.07, 6.45) is 7.59. The normalized spacial score (nSPS) is 10.8. The van der Waals surface area contributed by atoms with Crippen molar-refractivity contribution in [3.63, 3.8) is 0 Å². The molecule has 190 valence electrons. The first-order valence-electron chi connectivity index (χ1n) is 12.8. The molecule has 0 saturated heterocycles. The summed E-state index contributed by atoms with van der Waals surface area (Å²) < 4.78 is 13.7. The Morgan fingerprint density at radius 2 is 1.24 bits per heavy atom. The quantitative estimate of drug-likeness (QED) is 0.195. The average Bonchev–Trinajstić information content (AvgIpc) is 3.48. The molecule has 0 amide bonds. The molecule has 0 aliphatic carbocycles. The van der Waals surface area contributed by atoms with Crippen molar-refractivity contribution in [2.45, 2.75) is 45.6 Å². The van der Waals surface area contributed by atoms with Crippen LogP contribution in [-0.2, 0) is 0 Å². The number of nitriles is 1. The Bertz CT molecular complexity index is 1190. The van der Waals surface area contributed by atoms with Gasteiger partial charge < -0.3 is 9.47 Å². The number of hydrogen-bond acceptors (Lipinski definition) is 6.